The summed E-state index contributed by atoms with van der Waals surface area (Å²) >= 11 is 1.41. The number of carbonyl (C=O) groups excluding carboxylic acids is 1. The highest BCUT2D eigenvalue weighted by Crippen LogP contribution is 2.27. The topological polar surface area (TPSA) is 64.1 Å². The maximum atomic E-state index is 12.0. The number of nitrogens with zero attached hydrogens (tertiary/aromatic N) is 2. The van der Waals surface area contributed by atoms with E-state index in [1.54, 1.807) is 0 Å². The summed E-state index contributed by atoms with van der Waals surface area (Å²) in [6.45, 7) is 8.27. The van der Waals surface area contributed by atoms with Crippen LogP contribution in [-0.4, -0.2) is 22.7 Å². The second-order valence-corrected chi connectivity index (χ2v) is 6.85. The van der Waals surface area contributed by atoms with Gasteiger partial charge in [-0.05, 0) is 36.5 Å². The number of anilines is 1. The second-order valence-electron chi connectivity index (χ2n) is 5.78. The third kappa shape index (κ3) is 5.03. The van der Waals surface area contributed by atoms with E-state index in [4.69, 9.17) is 4.74 Å². The van der Waals surface area contributed by atoms with Crippen molar-refractivity contribution in [2.75, 3.05) is 11.9 Å². The molecular weight excluding hydrogens is 310 g/mol. The fourth-order valence-electron chi connectivity index (χ4n) is 2.16. The summed E-state index contributed by atoms with van der Waals surface area (Å²) < 4.78 is 5.71. The number of nitrogens with one attached hydrogen (secondary N) is 1. The summed E-state index contributed by atoms with van der Waals surface area (Å²) in [6.07, 6.45) is 1.89. The molecule has 2 rings (SSSR count). The molecule has 1 heterocycles. The van der Waals surface area contributed by atoms with Crippen LogP contribution in [0.4, 0.5) is 5.13 Å². The highest BCUT2D eigenvalue weighted by molar-refractivity contribution is 7.15. The van der Waals surface area contributed by atoms with Crippen LogP contribution in [0.1, 0.15) is 49.2 Å². The number of benzene rings is 1. The molecule has 1 aromatic carbocycles. The van der Waals surface area contributed by atoms with Crippen LogP contribution in [0.15, 0.2) is 18.2 Å². The quantitative estimate of drug-likeness (QED) is 0.833. The van der Waals surface area contributed by atoms with Gasteiger partial charge < -0.3 is 4.74 Å². The van der Waals surface area contributed by atoms with E-state index < -0.39 is 0 Å². The molecule has 0 radical (unpaired) electrons. The minimum atomic E-state index is -0.222. The smallest absolute Gasteiger partial charge is 0.264 e. The summed E-state index contributed by atoms with van der Waals surface area (Å²) in [7, 11) is 0. The molecule has 0 saturated heterocycles. The molecule has 0 spiro atoms. The first-order valence-electron chi connectivity index (χ1n) is 7.85. The van der Waals surface area contributed by atoms with Gasteiger partial charge in [-0.15, -0.1) is 10.2 Å². The Labute approximate surface area is 141 Å². The van der Waals surface area contributed by atoms with Gasteiger partial charge in [-0.1, -0.05) is 44.2 Å². The van der Waals surface area contributed by atoms with Gasteiger partial charge in [0.05, 0.1) is 0 Å². The third-order valence-corrected chi connectivity index (χ3v) is 4.23. The van der Waals surface area contributed by atoms with Gasteiger partial charge in [0.25, 0.3) is 5.91 Å². The molecule has 0 aliphatic heterocycles. The van der Waals surface area contributed by atoms with Crippen molar-refractivity contribution >= 4 is 22.4 Å². The van der Waals surface area contributed by atoms with Crippen molar-refractivity contribution in [1.82, 2.24) is 10.2 Å². The molecule has 0 atom stereocenters. The highest BCUT2D eigenvalue weighted by Gasteiger charge is 2.12. The Morgan fingerprint density at radius 3 is 2.83 bits per heavy atom. The molecule has 0 unspecified atom stereocenters. The Morgan fingerprint density at radius 1 is 1.35 bits per heavy atom. The van der Waals surface area contributed by atoms with Crippen molar-refractivity contribution < 1.29 is 9.53 Å². The summed E-state index contributed by atoms with van der Waals surface area (Å²) in [5, 5.41) is 12.2. The zero-order valence-electron chi connectivity index (χ0n) is 14.0. The summed E-state index contributed by atoms with van der Waals surface area (Å²) in [6, 6.07) is 6.07. The average molecular weight is 333 g/mol. The van der Waals surface area contributed by atoms with Crippen LogP contribution in [0.25, 0.3) is 0 Å². The number of hydrogen-bond acceptors (Lipinski definition) is 5. The van der Waals surface area contributed by atoms with E-state index in [1.165, 1.54) is 11.3 Å². The van der Waals surface area contributed by atoms with Crippen LogP contribution in [0.3, 0.4) is 0 Å². The highest BCUT2D eigenvalue weighted by atomic mass is 32.1. The minimum absolute atomic E-state index is 0.0358. The molecular formula is C17H23N3O2S. The number of hydrogen-bond donors (Lipinski definition) is 1. The fourth-order valence-corrected chi connectivity index (χ4v) is 3.02. The molecule has 0 aliphatic rings. The van der Waals surface area contributed by atoms with E-state index in [9.17, 15) is 4.79 Å². The van der Waals surface area contributed by atoms with Crippen molar-refractivity contribution in [2.24, 2.45) is 0 Å². The lowest BCUT2D eigenvalue weighted by atomic mass is 10.0. The maximum absolute atomic E-state index is 12.0. The molecule has 2 aromatic rings. The van der Waals surface area contributed by atoms with E-state index in [1.807, 2.05) is 13.0 Å². The van der Waals surface area contributed by atoms with Crippen LogP contribution in [0.2, 0.25) is 0 Å². The van der Waals surface area contributed by atoms with Gasteiger partial charge in [0.1, 0.15) is 10.8 Å². The molecule has 124 valence electrons. The fraction of sp³-hybridized carbons (Fsp3) is 0.471. The Hall–Kier alpha value is -1.95. The van der Waals surface area contributed by atoms with Crippen LogP contribution in [0, 0.1) is 6.92 Å². The number of amides is 1. The lowest BCUT2D eigenvalue weighted by Crippen LogP contribution is -2.20. The number of carbonyl (C=O) groups is 1. The number of rotatable bonds is 7. The zero-order chi connectivity index (χ0) is 16.8. The van der Waals surface area contributed by atoms with Crippen molar-refractivity contribution in [3.8, 4) is 5.75 Å². The molecule has 0 bridgehead atoms. The summed E-state index contributed by atoms with van der Waals surface area (Å²) in [5.41, 5.74) is 2.21. The van der Waals surface area contributed by atoms with E-state index in [0.717, 1.165) is 34.7 Å². The number of ether oxygens (including phenoxy) is 1. The molecule has 23 heavy (non-hydrogen) atoms. The van der Waals surface area contributed by atoms with Gasteiger partial charge >= 0.3 is 0 Å². The first-order valence-corrected chi connectivity index (χ1v) is 8.66. The minimum Gasteiger partial charge on any atom is -0.483 e. The van der Waals surface area contributed by atoms with Crippen molar-refractivity contribution in [1.29, 1.82) is 0 Å². The van der Waals surface area contributed by atoms with Crippen molar-refractivity contribution in [2.45, 2.75) is 46.5 Å². The second kappa shape index (κ2) is 8.06. The van der Waals surface area contributed by atoms with E-state index in [2.05, 4.69) is 48.4 Å². The van der Waals surface area contributed by atoms with Gasteiger partial charge in [0, 0.05) is 6.42 Å². The molecule has 1 amide bonds. The van der Waals surface area contributed by atoms with Crippen molar-refractivity contribution in [3.63, 3.8) is 0 Å². The molecule has 6 heteroatoms. The lowest BCUT2D eigenvalue weighted by molar-refractivity contribution is -0.118. The molecule has 0 saturated carbocycles. The van der Waals surface area contributed by atoms with Crippen LogP contribution >= 0.6 is 11.3 Å². The van der Waals surface area contributed by atoms with E-state index >= 15 is 0 Å². The number of aromatic nitrogens is 2. The molecule has 5 nitrogen and oxygen atoms in total. The monoisotopic (exact) mass is 333 g/mol. The predicted octanol–water partition coefficient (Wildman–Crippen LogP) is 3.94. The van der Waals surface area contributed by atoms with Gasteiger partial charge in [-0.2, -0.15) is 0 Å². The Morgan fingerprint density at radius 2 is 2.13 bits per heavy atom. The molecule has 1 N–H and O–H groups in total. The normalized spacial score (nSPS) is 10.8. The standard InChI is InChI=1S/C17H23N3O2S/c1-5-6-16-19-20-17(23-16)18-15(21)10-22-14-9-12(4)7-8-13(14)11(2)3/h7-9,11H,5-6,10H2,1-4H3,(H,18,20,21). The van der Waals surface area contributed by atoms with Gasteiger partial charge in [0.15, 0.2) is 6.61 Å². The Bertz CT molecular complexity index is 668. The van der Waals surface area contributed by atoms with Crippen LogP contribution in [0.5, 0.6) is 5.75 Å². The molecule has 1 aromatic heterocycles. The SMILES string of the molecule is CCCc1nnc(NC(=O)COc2cc(C)ccc2C(C)C)s1. The van der Waals surface area contributed by atoms with Gasteiger partial charge in [0.2, 0.25) is 5.13 Å². The predicted molar refractivity (Wildman–Crippen MR) is 93.3 cm³/mol. The Kier molecular flexibility index (Phi) is 6.10. The van der Waals surface area contributed by atoms with Crippen LogP contribution < -0.4 is 10.1 Å². The number of aryl methyl sites for hydroxylation is 2. The summed E-state index contributed by atoms with van der Waals surface area (Å²) in [5.74, 6) is 0.882. The van der Waals surface area contributed by atoms with Gasteiger partial charge in [-0.3, -0.25) is 10.1 Å². The largest absolute Gasteiger partial charge is 0.483 e. The first-order chi connectivity index (χ1) is 11.0. The van der Waals surface area contributed by atoms with Gasteiger partial charge in [-0.25, -0.2) is 0 Å². The average Bonchev–Trinajstić information content (AvgIpc) is 2.92. The third-order valence-electron chi connectivity index (χ3n) is 3.33. The van der Waals surface area contributed by atoms with E-state index in [-0.39, 0.29) is 12.5 Å². The van der Waals surface area contributed by atoms with E-state index in [0.29, 0.717) is 11.0 Å². The summed E-state index contributed by atoms with van der Waals surface area (Å²) in [4.78, 5) is 12.0. The van der Waals surface area contributed by atoms with Crippen molar-refractivity contribution in [3.05, 3.63) is 34.3 Å². The zero-order valence-corrected chi connectivity index (χ0v) is 14.9. The first kappa shape index (κ1) is 17.4. The molecule has 0 aliphatic carbocycles. The lowest BCUT2D eigenvalue weighted by Gasteiger charge is -2.14. The molecule has 0 fully saturated rings. The maximum Gasteiger partial charge on any atom is 0.264 e. The Balaban J connectivity index is 1.95. The van der Waals surface area contributed by atoms with Crippen LogP contribution in [-0.2, 0) is 11.2 Å².